The van der Waals surface area contributed by atoms with Gasteiger partial charge in [0.15, 0.2) is 0 Å². The summed E-state index contributed by atoms with van der Waals surface area (Å²) in [5, 5.41) is 3.22. The number of anilines is 2. The van der Waals surface area contributed by atoms with E-state index in [1.807, 2.05) is 54.4 Å². The molecule has 0 saturated carbocycles. The minimum atomic E-state index is 0.0672. The van der Waals surface area contributed by atoms with E-state index < -0.39 is 0 Å². The van der Waals surface area contributed by atoms with Crippen LogP contribution in [0.3, 0.4) is 0 Å². The van der Waals surface area contributed by atoms with E-state index in [2.05, 4.69) is 43.2 Å². The van der Waals surface area contributed by atoms with Crippen molar-refractivity contribution in [2.75, 3.05) is 32.5 Å². The molecule has 156 valence electrons. The first-order valence-corrected chi connectivity index (χ1v) is 11.5. The van der Waals surface area contributed by atoms with Crippen LogP contribution in [0.15, 0.2) is 52.4 Å². The lowest BCUT2D eigenvalue weighted by Crippen LogP contribution is -2.44. The molecular weight excluding hydrogens is 462 g/mol. The van der Waals surface area contributed by atoms with E-state index in [4.69, 9.17) is 0 Å². The molecule has 30 heavy (non-hydrogen) atoms. The minimum Gasteiger partial charge on any atom is -0.339 e. The number of nitrogens with one attached hydrogen (secondary N) is 1. The lowest BCUT2D eigenvalue weighted by Gasteiger charge is -2.35. The van der Waals surface area contributed by atoms with Gasteiger partial charge in [-0.2, -0.15) is 0 Å². The Labute approximate surface area is 189 Å². The molecule has 0 bridgehead atoms. The summed E-state index contributed by atoms with van der Waals surface area (Å²) in [4.78, 5) is 27.0. The number of amides is 1. The quantitative estimate of drug-likeness (QED) is 0.557. The molecular formula is C22H24BrN5OS. The lowest BCUT2D eigenvalue weighted by molar-refractivity contribution is 0.0659. The molecule has 1 aliphatic rings. The largest absolute Gasteiger partial charge is 0.339 e. The van der Waals surface area contributed by atoms with Crippen LogP contribution in [0.5, 0.6) is 0 Å². The zero-order valence-corrected chi connectivity index (χ0v) is 19.4. The number of hydrogen-bond acceptors (Lipinski definition) is 6. The van der Waals surface area contributed by atoms with Gasteiger partial charge in [0.2, 0.25) is 5.95 Å². The fourth-order valence-electron chi connectivity index (χ4n) is 3.59. The van der Waals surface area contributed by atoms with Gasteiger partial charge in [0.25, 0.3) is 5.91 Å². The number of nitrogens with zero attached hydrogens (tertiary/aromatic N) is 4. The number of carbonyl (C=O) groups is 1. The van der Waals surface area contributed by atoms with Crippen molar-refractivity contribution in [1.82, 2.24) is 19.8 Å². The van der Waals surface area contributed by atoms with E-state index in [0.717, 1.165) is 46.0 Å². The van der Waals surface area contributed by atoms with Crippen molar-refractivity contribution in [2.24, 2.45) is 0 Å². The zero-order valence-electron chi connectivity index (χ0n) is 17.0. The number of piperidine rings is 1. The number of aromatic nitrogens is 2. The second kappa shape index (κ2) is 9.24. The van der Waals surface area contributed by atoms with Gasteiger partial charge in [-0.15, -0.1) is 11.3 Å². The van der Waals surface area contributed by atoms with Crippen molar-refractivity contribution in [3.63, 3.8) is 0 Å². The minimum absolute atomic E-state index is 0.0672. The van der Waals surface area contributed by atoms with Crippen molar-refractivity contribution in [3.8, 4) is 10.6 Å². The lowest BCUT2D eigenvalue weighted by atomic mass is 10.0. The highest BCUT2D eigenvalue weighted by Crippen LogP contribution is 2.30. The smallest absolute Gasteiger partial charge is 0.253 e. The Balaban J connectivity index is 1.42. The van der Waals surface area contributed by atoms with Crippen LogP contribution in [0, 0.1) is 0 Å². The van der Waals surface area contributed by atoms with E-state index in [0.29, 0.717) is 17.6 Å². The topological polar surface area (TPSA) is 61.4 Å². The Morgan fingerprint density at radius 3 is 2.57 bits per heavy atom. The molecule has 1 fully saturated rings. The normalized spacial score (nSPS) is 15.2. The summed E-state index contributed by atoms with van der Waals surface area (Å²) in [6.07, 6.45) is 3.78. The molecule has 1 saturated heterocycles. The first-order chi connectivity index (χ1) is 14.5. The standard InChI is InChI=1S/C22H24BrN5OS/c1-27-13-10-17(11-14-27)28(2)21(29)15-3-5-16(6-4-15)25-22-24-12-9-18(26-22)19-7-8-20(23)30-19/h3-9,12,17H,10-11,13-14H2,1-2H3,(H,24,25,26). The zero-order chi connectivity index (χ0) is 21.1. The third-order valence-electron chi connectivity index (χ3n) is 5.43. The van der Waals surface area contributed by atoms with Crippen LogP contribution >= 0.6 is 27.3 Å². The third kappa shape index (κ3) is 4.88. The maximum atomic E-state index is 12.9. The van der Waals surface area contributed by atoms with Gasteiger partial charge in [-0.3, -0.25) is 4.79 Å². The van der Waals surface area contributed by atoms with Crippen LogP contribution in [0.4, 0.5) is 11.6 Å². The average molecular weight is 486 g/mol. The molecule has 8 heteroatoms. The fraction of sp³-hybridized carbons (Fsp3) is 0.318. The summed E-state index contributed by atoms with van der Waals surface area (Å²) in [6.45, 7) is 2.07. The van der Waals surface area contributed by atoms with Crippen LogP contribution in [0.1, 0.15) is 23.2 Å². The van der Waals surface area contributed by atoms with Crippen molar-refractivity contribution in [3.05, 3.63) is 58.0 Å². The van der Waals surface area contributed by atoms with Crippen molar-refractivity contribution < 1.29 is 4.79 Å². The van der Waals surface area contributed by atoms with Crippen LogP contribution in [0.25, 0.3) is 10.6 Å². The summed E-state index contributed by atoms with van der Waals surface area (Å²) in [7, 11) is 4.04. The summed E-state index contributed by atoms with van der Waals surface area (Å²) >= 11 is 5.11. The van der Waals surface area contributed by atoms with Crippen LogP contribution < -0.4 is 5.32 Å². The Morgan fingerprint density at radius 2 is 1.90 bits per heavy atom. The maximum Gasteiger partial charge on any atom is 0.253 e. The van der Waals surface area contributed by atoms with Gasteiger partial charge in [0.05, 0.1) is 14.4 Å². The van der Waals surface area contributed by atoms with Gasteiger partial charge in [-0.1, -0.05) is 0 Å². The molecule has 0 radical (unpaired) electrons. The average Bonchev–Trinajstić information content (AvgIpc) is 3.20. The van der Waals surface area contributed by atoms with E-state index in [9.17, 15) is 4.79 Å². The predicted molar refractivity (Wildman–Crippen MR) is 125 cm³/mol. The number of halogens is 1. The molecule has 4 rings (SSSR count). The van der Waals surface area contributed by atoms with E-state index in [1.165, 1.54) is 0 Å². The number of benzene rings is 1. The molecule has 0 spiro atoms. The Morgan fingerprint density at radius 1 is 1.17 bits per heavy atom. The number of hydrogen-bond donors (Lipinski definition) is 1. The van der Waals surface area contributed by atoms with Crippen LogP contribution in [-0.2, 0) is 0 Å². The molecule has 0 atom stereocenters. The second-order valence-electron chi connectivity index (χ2n) is 7.52. The number of thiophene rings is 1. The molecule has 3 heterocycles. The third-order valence-corrected chi connectivity index (χ3v) is 7.07. The SMILES string of the molecule is CN1CCC(N(C)C(=O)c2ccc(Nc3nccc(-c4ccc(Br)s4)n3)cc2)CC1. The number of rotatable bonds is 5. The second-order valence-corrected chi connectivity index (χ2v) is 9.99. The molecule has 0 aliphatic carbocycles. The van der Waals surface area contributed by atoms with E-state index in [-0.39, 0.29) is 5.91 Å². The predicted octanol–water partition coefficient (Wildman–Crippen LogP) is 4.88. The van der Waals surface area contributed by atoms with Gasteiger partial charge < -0.3 is 15.1 Å². The van der Waals surface area contributed by atoms with Crippen LogP contribution in [0.2, 0.25) is 0 Å². The monoisotopic (exact) mass is 485 g/mol. The highest BCUT2D eigenvalue weighted by atomic mass is 79.9. The highest BCUT2D eigenvalue weighted by molar-refractivity contribution is 9.11. The summed E-state index contributed by atoms with van der Waals surface area (Å²) in [5.74, 6) is 0.595. The summed E-state index contributed by atoms with van der Waals surface area (Å²) < 4.78 is 1.07. The molecule has 3 aromatic rings. The highest BCUT2D eigenvalue weighted by Gasteiger charge is 2.24. The fourth-order valence-corrected chi connectivity index (χ4v) is 4.94. The van der Waals surface area contributed by atoms with Gasteiger partial charge in [0, 0.05) is 30.5 Å². The molecule has 1 aromatic carbocycles. The maximum absolute atomic E-state index is 12.9. The Bertz CT molecular complexity index is 1010. The first kappa shape index (κ1) is 21.0. The molecule has 0 unspecified atom stereocenters. The van der Waals surface area contributed by atoms with Crippen LogP contribution in [-0.4, -0.2) is 58.9 Å². The van der Waals surface area contributed by atoms with Crippen molar-refractivity contribution in [2.45, 2.75) is 18.9 Å². The van der Waals surface area contributed by atoms with Gasteiger partial charge in [0.1, 0.15) is 0 Å². The van der Waals surface area contributed by atoms with Gasteiger partial charge in [-0.25, -0.2) is 9.97 Å². The number of carbonyl (C=O) groups excluding carboxylic acids is 1. The van der Waals surface area contributed by atoms with Crippen molar-refractivity contribution >= 4 is 44.8 Å². The van der Waals surface area contributed by atoms with E-state index >= 15 is 0 Å². The molecule has 1 N–H and O–H groups in total. The van der Waals surface area contributed by atoms with Gasteiger partial charge >= 0.3 is 0 Å². The summed E-state index contributed by atoms with van der Waals surface area (Å²) in [5.41, 5.74) is 2.41. The van der Waals surface area contributed by atoms with Crippen molar-refractivity contribution in [1.29, 1.82) is 0 Å². The molecule has 1 amide bonds. The summed E-state index contributed by atoms with van der Waals surface area (Å²) in [6, 6.07) is 13.7. The number of likely N-dealkylation sites (tertiary alicyclic amines) is 1. The molecule has 6 nitrogen and oxygen atoms in total. The Kier molecular flexibility index (Phi) is 6.46. The van der Waals surface area contributed by atoms with E-state index in [1.54, 1.807) is 17.5 Å². The molecule has 1 aliphatic heterocycles. The Hall–Kier alpha value is -2.29. The first-order valence-electron chi connectivity index (χ1n) is 9.91. The molecule has 2 aromatic heterocycles. The van der Waals surface area contributed by atoms with Gasteiger partial charge in [-0.05, 0) is 91.4 Å².